The van der Waals surface area contributed by atoms with Crippen LogP contribution in [-0.4, -0.2) is 36.0 Å². The third kappa shape index (κ3) is 3.62. The highest BCUT2D eigenvalue weighted by Crippen LogP contribution is 2.30. The summed E-state index contributed by atoms with van der Waals surface area (Å²) in [6.45, 7) is 0. The zero-order chi connectivity index (χ0) is 22.1. The topological polar surface area (TPSA) is 110 Å². The van der Waals surface area contributed by atoms with Gasteiger partial charge in [-0.2, -0.15) is 0 Å². The molecular formula is C23H15NO7. The molecule has 31 heavy (non-hydrogen) atoms. The Balaban J connectivity index is 1.57. The van der Waals surface area contributed by atoms with E-state index in [0.717, 1.165) is 4.90 Å². The van der Waals surface area contributed by atoms with E-state index in [1.165, 1.54) is 49.6 Å². The molecule has 8 heteroatoms. The summed E-state index contributed by atoms with van der Waals surface area (Å²) in [7, 11) is 1.51. The summed E-state index contributed by atoms with van der Waals surface area (Å²) in [5.41, 5.74) is 0.799. The van der Waals surface area contributed by atoms with Gasteiger partial charge in [-0.3, -0.25) is 9.59 Å². The van der Waals surface area contributed by atoms with Gasteiger partial charge in [0, 0.05) is 0 Å². The first-order chi connectivity index (χ1) is 14.9. The van der Waals surface area contributed by atoms with Crippen molar-refractivity contribution in [3.8, 4) is 11.5 Å². The van der Waals surface area contributed by atoms with Crippen LogP contribution in [0.5, 0.6) is 11.5 Å². The maximum absolute atomic E-state index is 12.9. The van der Waals surface area contributed by atoms with Gasteiger partial charge in [0.05, 0.1) is 35.1 Å². The van der Waals surface area contributed by atoms with Crippen molar-refractivity contribution in [1.82, 2.24) is 0 Å². The molecule has 1 heterocycles. The number of rotatable bonds is 5. The monoisotopic (exact) mass is 417 g/mol. The molecule has 0 atom stereocenters. The Labute approximate surface area is 176 Å². The molecule has 1 aliphatic rings. The third-order valence-electron chi connectivity index (χ3n) is 4.76. The van der Waals surface area contributed by atoms with Gasteiger partial charge in [0.1, 0.15) is 11.5 Å². The van der Waals surface area contributed by atoms with Crippen LogP contribution in [0.1, 0.15) is 41.4 Å². The van der Waals surface area contributed by atoms with E-state index in [1.54, 1.807) is 24.3 Å². The average Bonchev–Trinajstić information content (AvgIpc) is 3.03. The average molecular weight is 417 g/mol. The maximum atomic E-state index is 12.9. The SMILES string of the molecule is COc1ccc(N2C(=O)c3ccc(C(=O)Oc4ccc(C(=O)O)cc4)cc3C2=O)cc1. The lowest BCUT2D eigenvalue weighted by Crippen LogP contribution is -2.29. The van der Waals surface area contributed by atoms with E-state index in [-0.39, 0.29) is 28.0 Å². The molecule has 0 fully saturated rings. The number of anilines is 1. The summed E-state index contributed by atoms with van der Waals surface area (Å²) in [6, 6.07) is 15.9. The number of imide groups is 1. The first kappa shape index (κ1) is 19.8. The van der Waals surface area contributed by atoms with Crippen LogP contribution in [-0.2, 0) is 0 Å². The Bertz CT molecular complexity index is 1210. The van der Waals surface area contributed by atoms with E-state index in [9.17, 15) is 19.2 Å². The molecule has 2 amide bonds. The minimum absolute atomic E-state index is 0.0556. The fourth-order valence-electron chi connectivity index (χ4n) is 3.17. The normalized spacial score (nSPS) is 12.5. The van der Waals surface area contributed by atoms with E-state index in [1.807, 2.05) is 0 Å². The van der Waals surface area contributed by atoms with Crippen molar-refractivity contribution in [1.29, 1.82) is 0 Å². The number of fused-ring (bicyclic) bond motifs is 1. The standard InChI is InChI=1S/C23H15NO7/c1-30-16-9-5-15(6-10-16)24-20(25)18-11-4-14(12-19(18)21(24)26)23(29)31-17-7-2-13(3-8-17)22(27)28/h2-12H,1H3,(H,27,28). The first-order valence-corrected chi connectivity index (χ1v) is 9.11. The van der Waals surface area contributed by atoms with Gasteiger partial charge in [-0.15, -0.1) is 0 Å². The van der Waals surface area contributed by atoms with Gasteiger partial charge < -0.3 is 14.6 Å². The second-order valence-corrected chi connectivity index (χ2v) is 6.62. The van der Waals surface area contributed by atoms with Crippen molar-refractivity contribution >= 4 is 29.4 Å². The predicted octanol–water partition coefficient (Wildman–Crippen LogP) is 3.41. The number of methoxy groups -OCH3 is 1. The lowest BCUT2D eigenvalue weighted by atomic mass is 10.1. The molecule has 3 aromatic rings. The number of hydrogen-bond donors (Lipinski definition) is 1. The number of carboxylic acids is 1. The molecule has 0 bridgehead atoms. The Morgan fingerprint density at radius 2 is 1.35 bits per heavy atom. The molecule has 1 aliphatic heterocycles. The molecule has 0 radical (unpaired) electrons. The van der Waals surface area contributed by atoms with E-state index >= 15 is 0 Å². The quantitative estimate of drug-likeness (QED) is 0.385. The first-order valence-electron chi connectivity index (χ1n) is 9.11. The minimum atomic E-state index is -1.10. The molecule has 4 rings (SSSR count). The molecule has 1 N–H and O–H groups in total. The molecule has 154 valence electrons. The minimum Gasteiger partial charge on any atom is -0.497 e. The Morgan fingerprint density at radius 3 is 1.97 bits per heavy atom. The molecule has 0 aromatic heterocycles. The second-order valence-electron chi connectivity index (χ2n) is 6.62. The summed E-state index contributed by atoms with van der Waals surface area (Å²) in [5, 5.41) is 8.92. The van der Waals surface area contributed by atoms with Crippen LogP contribution in [0.15, 0.2) is 66.7 Å². The number of nitrogens with zero attached hydrogens (tertiary/aromatic N) is 1. The molecule has 0 spiro atoms. The molecule has 0 saturated heterocycles. The smallest absolute Gasteiger partial charge is 0.343 e. The highest BCUT2D eigenvalue weighted by atomic mass is 16.5. The van der Waals surface area contributed by atoms with Crippen LogP contribution in [0.4, 0.5) is 5.69 Å². The molecule has 0 aliphatic carbocycles. The van der Waals surface area contributed by atoms with Gasteiger partial charge in [0.15, 0.2) is 0 Å². The van der Waals surface area contributed by atoms with E-state index in [4.69, 9.17) is 14.6 Å². The number of carbonyl (C=O) groups is 4. The zero-order valence-corrected chi connectivity index (χ0v) is 16.2. The third-order valence-corrected chi connectivity index (χ3v) is 4.76. The van der Waals surface area contributed by atoms with Crippen molar-refractivity contribution < 1.29 is 33.8 Å². The van der Waals surface area contributed by atoms with Gasteiger partial charge in [0.2, 0.25) is 0 Å². The molecule has 0 saturated carbocycles. The number of benzene rings is 3. The summed E-state index contributed by atoms with van der Waals surface area (Å²) >= 11 is 0. The number of ether oxygens (including phenoxy) is 2. The van der Waals surface area contributed by atoms with Gasteiger partial charge in [0.25, 0.3) is 11.8 Å². The van der Waals surface area contributed by atoms with Crippen LogP contribution in [0, 0.1) is 0 Å². The van der Waals surface area contributed by atoms with E-state index in [0.29, 0.717) is 11.4 Å². The zero-order valence-electron chi connectivity index (χ0n) is 16.2. The summed E-state index contributed by atoms with van der Waals surface area (Å²) in [6.07, 6.45) is 0. The lowest BCUT2D eigenvalue weighted by molar-refractivity contribution is 0.0695. The fraction of sp³-hybridized carbons (Fsp3) is 0.0435. The number of esters is 1. The molecule has 8 nitrogen and oxygen atoms in total. The van der Waals surface area contributed by atoms with Gasteiger partial charge >= 0.3 is 11.9 Å². The van der Waals surface area contributed by atoms with Crippen molar-refractivity contribution in [3.05, 3.63) is 89.0 Å². The second kappa shape index (κ2) is 7.75. The number of amides is 2. The van der Waals surface area contributed by atoms with Crippen molar-refractivity contribution in [2.45, 2.75) is 0 Å². The van der Waals surface area contributed by atoms with E-state index < -0.39 is 23.8 Å². The number of aromatic carboxylic acids is 1. The Morgan fingerprint density at radius 1 is 0.774 bits per heavy atom. The van der Waals surface area contributed by atoms with Crippen LogP contribution >= 0.6 is 0 Å². The van der Waals surface area contributed by atoms with Crippen LogP contribution in [0.25, 0.3) is 0 Å². The fourth-order valence-corrected chi connectivity index (χ4v) is 3.17. The maximum Gasteiger partial charge on any atom is 0.343 e. The molecule has 3 aromatic carbocycles. The van der Waals surface area contributed by atoms with Gasteiger partial charge in [-0.25, -0.2) is 14.5 Å². The highest BCUT2D eigenvalue weighted by molar-refractivity contribution is 6.34. The van der Waals surface area contributed by atoms with Gasteiger partial charge in [-0.05, 0) is 66.7 Å². The summed E-state index contributed by atoms with van der Waals surface area (Å²) < 4.78 is 10.3. The Hall–Kier alpha value is -4.46. The lowest BCUT2D eigenvalue weighted by Gasteiger charge is -2.14. The van der Waals surface area contributed by atoms with Crippen LogP contribution in [0.3, 0.4) is 0 Å². The largest absolute Gasteiger partial charge is 0.497 e. The van der Waals surface area contributed by atoms with E-state index in [2.05, 4.69) is 0 Å². The van der Waals surface area contributed by atoms with Crippen molar-refractivity contribution in [3.63, 3.8) is 0 Å². The number of carbonyl (C=O) groups excluding carboxylic acids is 3. The Kier molecular flexibility index (Phi) is 4.96. The van der Waals surface area contributed by atoms with Crippen molar-refractivity contribution in [2.24, 2.45) is 0 Å². The van der Waals surface area contributed by atoms with Crippen LogP contribution < -0.4 is 14.4 Å². The molecule has 0 unspecified atom stereocenters. The number of carboxylic acid groups (broad SMARTS) is 1. The number of hydrogen-bond acceptors (Lipinski definition) is 6. The van der Waals surface area contributed by atoms with Crippen molar-refractivity contribution in [2.75, 3.05) is 12.0 Å². The summed E-state index contributed by atoms with van der Waals surface area (Å²) in [5.74, 6) is -2.14. The van der Waals surface area contributed by atoms with Crippen LogP contribution in [0.2, 0.25) is 0 Å². The summed E-state index contributed by atoms with van der Waals surface area (Å²) in [4.78, 5) is 50.0. The highest BCUT2D eigenvalue weighted by Gasteiger charge is 2.37. The predicted molar refractivity (Wildman–Crippen MR) is 109 cm³/mol. The van der Waals surface area contributed by atoms with Gasteiger partial charge in [-0.1, -0.05) is 0 Å². The molecular weight excluding hydrogens is 402 g/mol.